The number of amides is 1. The third-order valence-electron chi connectivity index (χ3n) is 9.67. The number of aryl methyl sites for hydroxylation is 1. The molecule has 0 unspecified atom stereocenters. The molecule has 4 atom stereocenters. The van der Waals surface area contributed by atoms with Gasteiger partial charge in [-0.15, -0.1) is 0 Å². The van der Waals surface area contributed by atoms with Crippen molar-refractivity contribution in [3.05, 3.63) is 100 Å². The van der Waals surface area contributed by atoms with Crippen molar-refractivity contribution in [2.75, 3.05) is 51.3 Å². The number of aliphatic carboxylic acids is 1. The number of benzene rings is 3. The summed E-state index contributed by atoms with van der Waals surface area (Å²) in [5, 5.41) is 9.06. The summed E-state index contributed by atoms with van der Waals surface area (Å²) in [4.78, 5) is 31.6. The zero-order valence-electron chi connectivity index (χ0n) is 25.3. The van der Waals surface area contributed by atoms with Gasteiger partial charge in [-0.3, -0.25) is 14.5 Å². The van der Waals surface area contributed by atoms with E-state index in [0.29, 0.717) is 51.3 Å². The molecular formula is C35H38F3N3O4. The number of piperazine rings is 1. The van der Waals surface area contributed by atoms with Gasteiger partial charge in [-0.05, 0) is 71.8 Å². The minimum absolute atomic E-state index is 0.0900. The molecule has 238 valence electrons. The van der Waals surface area contributed by atoms with E-state index in [1.165, 1.54) is 35.4 Å². The average molecular weight is 622 g/mol. The highest BCUT2D eigenvalue weighted by Crippen LogP contribution is 2.39. The molecule has 2 aliphatic heterocycles. The Morgan fingerprint density at radius 1 is 0.889 bits per heavy atom. The number of hydrogen-bond acceptors (Lipinski definition) is 5. The molecule has 0 aromatic heterocycles. The smallest absolute Gasteiger partial charge is 0.303 e. The van der Waals surface area contributed by atoms with Crippen LogP contribution in [0.15, 0.2) is 60.7 Å². The van der Waals surface area contributed by atoms with Crippen LogP contribution in [-0.2, 0) is 33.6 Å². The molecular weight excluding hydrogens is 583 g/mol. The molecule has 0 radical (unpaired) electrons. The minimum Gasteiger partial charge on any atom is -0.481 e. The van der Waals surface area contributed by atoms with Crippen LogP contribution in [0.3, 0.4) is 0 Å². The fourth-order valence-corrected chi connectivity index (χ4v) is 7.40. The molecule has 6 rings (SSSR count). The first-order valence-corrected chi connectivity index (χ1v) is 15.5. The van der Waals surface area contributed by atoms with Crippen LogP contribution >= 0.6 is 0 Å². The van der Waals surface area contributed by atoms with E-state index in [4.69, 9.17) is 9.84 Å². The van der Waals surface area contributed by atoms with E-state index < -0.39 is 29.4 Å². The predicted octanol–water partition coefficient (Wildman–Crippen LogP) is 4.67. The summed E-state index contributed by atoms with van der Waals surface area (Å²) >= 11 is 0. The zero-order chi connectivity index (χ0) is 31.7. The Labute approximate surface area is 261 Å². The Bertz CT molecular complexity index is 1550. The van der Waals surface area contributed by atoms with E-state index in [9.17, 15) is 18.4 Å². The molecule has 1 amide bonds. The number of carbonyl (C=O) groups excluding carboxylic acids is 1. The molecule has 3 aromatic carbocycles. The number of methoxy groups -OCH3 is 1. The highest BCUT2D eigenvalue weighted by atomic mass is 19.1. The summed E-state index contributed by atoms with van der Waals surface area (Å²) in [6.45, 7) is 2.83. The first kappa shape index (κ1) is 31.1. The highest BCUT2D eigenvalue weighted by molar-refractivity contribution is 5.82. The Morgan fingerprint density at radius 2 is 1.64 bits per heavy atom. The lowest BCUT2D eigenvalue weighted by Gasteiger charge is -2.44. The van der Waals surface area contributed by atoms with Crippen LogP contribution in [0.2, 0.25) is 0 Å². The van der Waals surface area contributed by atoms with Gasteiger partial charge in [-0.25, -0.2) is 13.2 Å². The van der Waals surface area contributed by atoms with Crippen molar-refractivity contribution in [3.8, 4) is 0 Å². The maximum atomic E-state index is 15.1. The van der Waals surface area contributed by atoms with Gasteiger partial charge in [0, 0.05) is 70.0 Å². The highest BCUT2D eigenvalue weighted by Gasteiger charge is 2.45. The maximum Gasteiger partial charge on any atom is 0.303 e. The summed E-state index contributed by atoms with van der Waals surface area (Å²) in [5.41, 5.74) is 4.59. The van der Waals surface area contributed by atoms with E-state index in [1.807, 2.05) is 15.9 Å². The Kier molecular flexibility index (Phi) is 9.14. The molecule has 45 heavy (non-hydrogen) atoms. The number of carbonyl (C=O) groups is 2. The van der Waals surface area contributed by atoms with Crippen molar-refractivity contribution in [2.24, 2.45) is 5.92 Å². The Hall–Kier alpha value is -3.89. The van der Waals surface area contributed by atoms with Crippen molar-refractivity contribution in [1.29, 1.82) is 0 Å². The number of ether oxygens (including phenoxy) is 1. The quantitative estimate of drug-likeness (QED) is 0.375. The van der Waals surface area contributed by atoms with Gasteiger partial charge in [0.2, 0.25) is 5.91 Å². The van der Waals surface area contributed by atoms with Crippen molar-refractivity contribution in [2.45, 2.75) is 43.7 Å². The summed E-state index contributed by atoms with van der Waals surface area (Å²) < 4.78 is 48.2. The van der Waals surface area contributed by atoms with E-state index in [1.54, 1.807) is 19.2 Å². The first-order chi connectivity index (χ1) is 21.7. The molecule has 0 spiro atoms. The normalized spacial score (nSPS) is 23.4. The van der Waals surface area contributed by atoms with Gasteiger partial charge in [0.25, 0.3) is 0 Å². The fourth-order valence-electron chi connectivity index (χ4n) is 7.40. The van der Waals surface area contributed by atoms with Crippen LogP contribution in [-0.4, -0.2) is 85.3 Å². The van der Waals surface area contributed by atoms with Gasteiger partial charge < -0.3 is 19.6 Å². The first-order valence-electron chi connectivity index (χ1n) is 15.5. The minimum atomic E-state index is -0.806. The van der Waals surface area contributed by atoms with E-state index in [2.05, 4.69) is 17.0 Å². The van der Waals surface area contributed by atoms with E-state index >= 15 is 4.39 Å². The molecule has 7 nitrogen and oxygen atoms in total. The van der Waals surface area contributed by atoms with Crippen LogP contribution in [0, 0.1) is 23.4 Å². The predicted molar refractivity (Wildman–Crippen MR) is 164 cm³/mol. The van der Waals surface area contributed by atoms with Crippen molar-refractivity contribution < 1.29 is 32.6 Å². The monoisotopic (exact) mass is 621 g/mol. The summed E-state index contributed by atoms with van der Waals surface area (Å²) in [6.07, 6.45) is 2.37. The zero-order valence-corrected chi connectivity index (χ0v) is 25.3. The standard InChI is InChI=1S/C35H38F3N3O4/c1-45-21-29-18-39(28-15-23-4-2-22(3-11-34(42)43)14-24(23)16-28)12-13-41(29)35(44)32-20-40(27-8-5-25(36)6-9-27)19-31(32)30-10-7-26(37)17-33(30)38/h2,4-10,14,17,28-29,31-32H,3,11-13,15-16,18-21H2,1H3,(H,42,43)/t28-,29+,31-,32+/m0/s1. The summed E-state index contributed by atoms with van der Waals surface area (Å²) in [5.74, 6) is -3.70. The number of halogens is 3. The lowest BCUT2D eigenvalue weighted by Crippen LogP contribution is -2.60. The van der Waals surface area contributed by atoms with E-state index in [0.717, 1.165) is 30.2 Å². The SMILES string of the molecule is COC[C@H]1CN([C@H]2Cc3ccc(CCC(=O)O)cc3C2)CCN1C(=O)[C@@H]1CN(c2ccc(F)cc2)C[C@H]1c1ccc(F)cc1F. The van der Waals surface area contributed by atoms with Gasteiger partial charge in [-0.1, -0.05) is 24.3 Å². The molecule has 2 heterocycles. The molecule has 1 aliphatic carbocycles. The van der Waals surface area contributed by atoms with Crippen molar-refractivity contribution >= 4 is 17.6 Å². The second kappa shape index (κ2) is 13.2. The van der Waals surface area contributed by atoms with Gasteiger partial charge in [-0.2, -0.15) is 0 Å². The van der Waals surface area contributed by atoms with Crippen molar-refractivity contribution in [3.63, 3.8) is 0 Å². The number of nitrogens with zero attached hydrogens (tertiary/aromatic N) is 3. The van der Waals surface area contributed by atoms with Crippen LogP contribution in [0.5, 0.6) is 0 Å². The lowest BCUT2D eigenvalue weighted by molar-refractivity contribution is -0.142. The van der Waals surface area contributed by atoms with Gasteiger partial charge in [0.15, 0.2) is 0 Å². The van der Waals surface area contributed by atoms with Crippen molar-refractivity contribution in [1.82, 2.24) is 9.80 Å². The molecule has 2 fully saturated rings. The van der Waals surface area contributed by atoms with Crippen LogP contribution in [0.25, 0.3) is 0 Å². The third-order valence-corrected chi connectivity index (χ3v) is 9.67. The summed E-state index contributed by atoms with van der Waals surface area (Å²) in [7, 11) is 1.62. The Morgan fingerprint density at radius 3 is 2.38 bits per heavy atom. The largest absolute Gasteiger partial charge is 0.481 e. The number of rotatable bonds is 9. The Balaban J connectivity index is 1.19. The van der Waals surface area contributed by atoms with Crippen LogP contribution < -0.4 is 4.90 Å². The second-order valence-corrected chi connectivity index (χ2v) is 12.5. The van der Waals surface area contributed by atoms with Gasteiger partial charge in [0.05, 0.1) is 18.6 Å². The second-order valence-electron chi connectivity index (χ2n) is 12.5. The molecule has 0 bridgehead atoms. The molecule has 2 saturated heterocycles. The summed E-state index contributed by atoms with van der Waals surface area (Å²) in [6, 6.07) is 15.9. The van der Waals surface area contributed by atoms with Gasteiger partial charge in [0.1, 0.15) is 17.5 Å². The molecule has 3 aliphatic rings. The number of carboxylic acid groups (broad SMARTS) is 1. The van der Waals surface area contributed by atoms with E-state index in [-0.39, 0.29) is 30.2 Å². The maximum absolute atomic E-state index is 15.1. The fraction of sp³-hybridized carbons (Fsp3) is 0.429. The van der Waals surface area contributed by atoms with Gasteiger partial charge >= 0.3 is 5.97 Å². The van der Waals surface area contributed by atoms with Crippen LogP contribution in [0.4, 0.5) is 18.9 Å². The number of fused-ring (bicyclic) bond motifs is 1. The molecule has 10 heteroatoms. The number of carboxylic acids is 1. The number of anilines is 1. The molecule has 0 saturated carbocycles. The van der Waals surface area contributed by atoms with Crippen LogP contribution in [0.1, 0.15) is 34.6 Å². The number of hydrogen-bond donors (Lipinski definition) is 1. The molecule has 1 N–H and O–H groups in total. The topological polar surface area (TPSA) is 73.3 Å². The lowest BCUT2D eigenvalue weighted by atomic mass is 9.87. The third kappa shape index (κ3) is 6.72. The average Bonchev–Trinajstić information content (AvgIpc) is 3.65. The molecule has 3 aromatic rings.